The van der Waals surface area contributed by atoms with Gasteiger partial charge in [-0.2, -0.15) is 11.8 Å². The lowest BCUT2D eigenvalue weighted by atomic mass is 9.80. The van der Waals surface area contributed by atoms with E-state index in [9.17, 15) is 0 Å². The fourth-order valence-electron chi connectivity index (χ4n) is 3.46. The van der Waals surface area contributed by atoms with Crippen LogP contribution in [0.3, 0.4) is 0 Å². The molecule has 0 aromatic carbocycles. The first kappa shape index (κ1) is 14.7. The van der Waals surface area contributed by atoms with Crippen molar-refractivity contribution in [1.82, 2.24) is 5.32 Å². The van der Waals surface area contributed by atoms with Crippen LogP contribution in [0.2, 0.25) is 0 Å². The number of nitrogens with one attached hydrogen (secondary N) is 1. The molecule has 1 spiro atoms. The van der Waals surface area contributed by atoms with Crippen LogP contribution >= 0.6 is 11.8 Å². The second-order valence-electron chi connectivity index (χ2n) is 5.89. The predicted octanol–water partition coefficient (Wildman–Crippen LogP) is 3.46. The van der Waals surface area contributed by atoms with Crippen LogP contribution in [0, 0.1) is 5.92 Å². The second-order valence-corrected chi connectivity index (χ2v) is 7.00. The predicted molar refractivity (Wildman–Crippen MR) is 80.3 cm³/mol. The molecule has 3 unspecified atom stereocenters. The number of ether oxygens (including phenoxy) is 1. The van der Waals surface area contributed by atoms with Crippen LogP contribution in [-0.2, 0) is 4.74 Å². The SMILES string of the molecule is CCCCC(NCC)C1CCOC2(CCSC2)C1. The lowest BCUT2D eigenvalue weighted by Crippen LogP contribution is -2.47. The molecule has 18 heavy (non-hydrogen) atoms. The first-order valence-electron chi connectivity index (χ1n) is 7.75. The van der Waals surface area contributed by atoms with Crippen LogP contribution in [0.25, 0.3) is 0 Å². The van der Waals surface area contributed by atoms with E-state index in [2.05, 4.69) is 30.9 Å². The maximum Gasteiger partial charge on any atom is 0.0783 e. The Bertz CT molecular complexity index is 241. The highest BCUT2D eigenvalue weighted by molar-refractivity contribution is 7.99. The van der Waals surface area contributed by atoms with Gasteiger partial charge >= 0.3 is 0 Å². The first-order valence-corrected chi connectivity index (χ1v) is 8.90. The van der Waals surface area contributed by atoms with Crippen molar-refractivity contribution in [2.45, 2.75) is 64.0 Å². The minimum Gasteiger partial charge on any atom is -0.374 e. The van der Waals surface area contributed by atoms with Crippen LogP contribution in [-0.4, -0.2) is 36.3 Å². The maximum atomic E-state index is 6.14. The van der Waals surface area contributed by atoms with Crippen molar-refractivity contribution in [2.75, 3.05) is 24.7 Å². The summed E-state index contributed by atoms with van der Waals surface area (Å²) in [6, 6.07) is 0.723. The highest BCUT2D eigenvalue weighted by Crippen LogP contribution is 2.41. The molecule has 2 aliphatic rings. The van der Waals surface area contributed by atoms with Gasteiger partial charge in [-0.3, -0.25) is 0 Å². The Kier molecular flexibility index (Phi) is 5.84. The summed E-state index contributed by atoms with van der Waals surface area (Å²) in [5.74, 6) is 3.37. The molecule has 2 nitrogen and oxygen atoms in total. The van der Waals surface area contributed by atoms with Gasteiger partial charge in [-0.1, -0.05) is 26.7 Å². The summed E-state index contributed by atoms with van der Waals surface area (Å²) < 4.78 is 6.14. The molecule has 3 heteroatoms. The summed E-state index contributed by atoms with van der Waals surface area (Å²) >= 11 is 2.08. The molecule has 3 atom stereocenters. The van der Waals surface area contributed by atoms with Crippen molar-refractivity contribution in [1.29, 1.82) is 0 Å². The Hall–Kier alpha value is 0.270. The van der Waals surface area contributed by atoms with E-state index in [0.717, 1.165) is 25.1 Å². The molecule has 0 saturated carbocycles. The van der Waals surface area contributed by atoms with E-state index in [4.69, 9.17) is 4.74 Å². The lowest BCUT2D eigenvalue weighted by molar-refractivity contribution is -0.0855. The number of hydrogen-bond donors (Lipinski definition) is 1. The Labute approximate surface area is 117 Å². The molecule has 0 amide bonds. The van der Waals surface area contributed by atoms with E-state index in [0.29, 0.717) is 0 Å². The molecule has 106 valence electrons. The van der Waals surface area contributed by atoms with Crippen molar-refractivity contribution in [2.24, 2.45) is 5.92 Å². The van der Waals surface area contributed by atoms with Gasteiger partial charge in [0.1, 0.15) is 0 Å². The van der Waals surface area contributed by atoms with Gasteiger partial charge in [0.25, 0.3) is 0 Å². The maximum absolute atomic E-state index is 6.14. The van der Waals surface area contributed by atoms with Gasteiger partial charge in [0.2, 0.25) is 0 Å². The molecule has 2 aliphatic heterocycles. The second kappa shape index (κ2) is 7.16. The molecule has 0 aromatic rings. The number of rotatable bonds is 6. The quantitative estimate of drug-likeness (QED) is 0.799. The van der Waals surface area contributed by atoms with Gasteiger partial charge in [-0.25, -0.2) is 0 Å². The average molecular weight is 271 g/mol. The van der Waals surface area contributed by atoms with Crippen LogP contribution in [0.15, 0.2) is 0 Å². The molecule has 2 saturated heterocycles. The minimum absolute atomic E-state index is 0.244. The molecule has 2 fully saturated rings. The average Bonchev–Trinajstić information content (AvgIpc) is 2.82. The zero-order valence-corrected chi connectivity index (χ0v) is 12.9. The van der Waals surface area contributed by atoms with Crippen LogP contribution < -0.4 is 5.32 Å². The van der Waals surface area contributed by atoms with Crippen molar-refractivity contribution in [3.8, 4) is 0 Å². The highest BCUT2D eigenvalue weighted by Gasteiger charge is 2.42. The van der Waals surface area contributed by atoms with Gasteiger partial charge in [-0.05, 0) is 43.9 Å². The molecule has 0 aromatic heterocycles. The normalized spacial score (nSPS) is 34.0. The minimum atomic E-state index is 0.244. The van der Waals surface area contributed by atoms with E-state index in [-0.39, 0.29) is 5.60 Å². The van der Waals surface area contributed by atoms with Crippen molar-refractivity contribution >= 4 is 11.8 Å². The van der Waals surface area contributed by atoms with Gasteiger partial charge < -0.3 is 10.1 Å². The van der Waals surface area contributed by atoms with Crippen LogP contribution in [0.5, 0.6) is 0 Å². The molecule has 0 aliphatic carbocycles. The van der Waals surface area contributed by atoms with Gasteiger partial charge in [-0.15, -0.1) is 0 Å². The third kappa shape index (κ3) is 3.64. The van der Waals surface area contributed by atoms with E-state index >= 15 is 0 Å². The van der Waals surface area contributed by atoms with Crippen LogP contribution in [0.1, 0.15) is 52.4 Å². The Balaban J connectivity index is 1.91. The van der Waals surface area contributed by atoms with E-state index in [1.165, 1.54) is 50.0 Å². The van der Waals surface area contributed by atoms with Crippen molar-refractivity contribution < 1.29 is 4.74 Å². The molecule has 0 radical (unpaired) electrons. The molecule has 2 rings (SSSR count). The summed E-state index contributed by atoms with van der Waals surface area (Å²) in [6.07, 6.45) is 7.84. The third-order valence-electron chi connectivity index (χ3n) is 4.50. The number of thioether (sulfide) groups is 1. The van der Waals surface area contributed by atoms with Crippen molar-refractivity contribution in [3.63, 3.8) is 0 Å². The number of hydrogen-bond acceptors (Lipinski definition) is 3. The Morgan fingerprint density at radius 3 is 3.00 bits per heavy atom. The third-order valence-corrected chi connectivity index (χ3v) is 5.73. The fraction of sp³-hybridized carbons (Fsp3) is 1.00. The first-order chi connectivity index (χ1) is 8.79. The summed E-state index contributed by atoms with van der Waals surface area (Å²) in [4.78, 5) is 0. The fourth-order valence-corrected chi connectivity index (χ4v) is 4.84. The summed E-state index contributed by atoms with van der Waals surface area (Å²) in [6.45, 7) is 6.62. The van der Waals surface area contributed by atoms with Crippen LogP contribution in [0.4, 0.5) is 0 Å². The van der Waals surface area contributed by atoms with Gasteiger partial charge in [0.05, 0.1) is 5.60 Å². The highest BCUT2D eigenvalue weighted by atomic mass is 32.2. The largest absolute Gasteiger partial charge is 0.374 e. The standard InChI is InChI=1S/C15H29NOS/c1-3-5-6-14(16-4-2)13-7-9-17-15(11-13)8-10-18-12-15/h13-14,16H,3-12H2,1-2H3. The smallest absolute Gasteiger partial charge is 0.0783 e. The molecular weight excluding hydrogens is 242 g/mol. The zero-order valence-electron chi connectivity index (χ0n) is 12.0. The topological polar surface area (TPSA) is 21.3 Å². The van der Waals surface area contributed by atoms with E-state index in [1.54, 1.807) is 0 Å². The zero-order chi connectivity index (χ0) is 12.8. The number of unbranched alkanes of at least 4 members (excludes halogenated alkanes) is 1. The summed E-state index contributed by atoms with van der Waals surface area (Å²) in [5, 5.41) is 3.73. The summed E-state index contributed by atoms with van der Waals surface area (Å²) in [5.41, 5.74) is 0.244. The Morgan fingerprint density at radius 1 is 1.44 bits per heavy atom. The van der Waals surface area contributed by atoms with E-state index in [1.807, 2.05) is 0 Å². The molecule has 0 bridgehead atoms. The van der Waals surface area contributed by atoms with Gasteiger partial charge in [0, 0.05) is 18.4 Å². The molecule has 2 heterocycles. The molecular formula is C15H29NOS. The monoisotopic (exact) mass is 271 g/mol. The summed E-state index contributed by atoms with van der Waals surface area (Å²) in [7, 11) is 0. The molecule has 1 N–H and O–H groups in total. The van der Waals surface area contributed by atoms with Gasteiger partial charge in [0.15, 0.2) is 0 Å². The Morgan fingerprint density at radius 2 is 2.33 bits per heavy atom. The lowest BCUT2D eigenvalue weighted by Gasteiger charge is -2.41. The van der Waals surface area contributed by atoms with Crippen molar-refractivity contribution in [3.05, 3.63) is 0 Å². The van der Waals surface area contributed by atoms with E-state index < -0.39 is 0 Å².